The normalized spacial score (nSPS) is 19.6. The summed E-state index contributed by atoms with van der Waals surface area (Å²) in [5, 5.41) is 0. The highest BCUT2D eigenvalue weighted by atomic mass is 19.1. The zero-order valence-corrected chi connectivity index (χ0v) is 13.2. The third-order valence-corrected chi connectivity index (χ3v) is 4.37. The first-order valence-electron chi connectivity index (χ1n) is 7.99. The van der Waals surface area contributed by atoms with Gasteiger partial charge in [-0.2, -0.15) is 0 Å². The van der Waals surface area contributed by atoms with Crippen LogP contribution in [-0.2, 0) is 0 Å². The molecule has 0 spiro atoms. The van der Waals surface area contributed by atoms with Gasteiger partial charge in [-0.05, 0) is 50.5 Å². The predicted octanol–water partition coefficient (Wildman–Crippen LogP) is 3.43. The minimum absolute atomic E-state index is 0.0262. The van der Waals surface area contributed by atoms with Crippen LogP contribution >= 0.6 is 0 Å². The fourth-order valence-corrected chi connectivity index (χ4v) is 3.16. The molecular formula is C18H21FN2O2. The van der Waals surface area contributed by atoms with Crippen LogP contribution in [0.4, 0.5) is 4.39 Å². The molecule has 1 saturated heterocycles. The van der Waals surface area contributed by atoms with Crippen molar-refractivity contribution < 1.29 is 13.6 Å². The van der Waals surface area contributed by atoms with Crippen LogP contribution in [0.1, 0.15) is 36.7 Å². The van der Waals surface area contributed by atoms with Gasteiger partial charge in [-0.15, -0.1) is 0 Å². The van der Waals surface area contributed by atoms with E-state index in [0.29, 0.717) is 17.9 Å². The van der Waals surface area contributed by atoms with E-state index in [0.717, 1.165) is 19.3 Å². The molecule has 0 saturated carbocycles. The van der Waals surface area contributed by atoms with Crippen molar-refractivity contribution in [2.45, 2.75) is 38.3 Å². The largest absolute Gasteiger partial charge is 0.451 e. The Morgan fingerprint density at radius 2 is 2.09 bits per heavy atom. The molecule has 0 bridgehead atoms. The number of piperidine rings is 1. The molecule has 1 aromatic heterocycles. The van der Waals surface area contributed by atoms with Gasteiger partial charge in [0.05, 0.1) is 5.56 Å². The molecule has 0 aliphatic carbocycles. The summed E-state index contributed by atoms with van der Waals surface area (Å²) < 4.78 is 19.5. The molecule has 2 atom stereocenters. The standard InChI is InChI=1S/C18H21FN2O2/c1-12(20)15-8-4-5-11-21(15)18(22)17-10-9-16(23-17)13-6-2-3-7-14(13)19/h2-3,6-7,9-10,12,15H,4-5,8,11,20H2,1H3. The maximum Gasteiger partial charge on any atom is 0.289 e. The second-order valence-corrected chi connectivity index (χ2v) is 6.06. The van der Waals surface area contributed by atoms with Gasteiger partial charge in [0.1, 0.15) is 11.6 Å². The summed E-state index contributed by atoms with van der Waals surface area (Å²) in [6, 6.07) is 9.55. The second-order valence-electron chi connectivity index (χ2n) is 6.06. The highest BCUT2D eigenvalue weighted by Gasteiger charge is 2.31. The van der Waals surface area contributed by atoms with Gasteiger partial charge < -0.3 is 15.1 Å². The van der Waals surface area contributed by atoms with Crippen LogP contribution in [0.2, 0.25) is 0 Å². The predicted molar refractivity (Wildman–Crippen MR) is 86.4 cm³/mol. The number of hydrogen-bond acceptors (Lipinski definition) is 3. The monoisotopic (exact) mass is 316 g/mol. The molecule has 2 heterocycles. The highest BCUT2D eigenvalue weighted by molar-refractivity contribution is 5.92. The zero-order chi connectivity index (χ0) is 16.4. The van der Waals surface area contributed by atoms with Crippen molar-refractivity contribution in [1.29, 1.82) is 0 Å². The minimum Gasteiger partial charge on any atom is -0.451 e. The van der Waals surface area contributed by atoms with Crippen LogP contribution in [0.15, 0.2) is 40.8 Å². The van der Waals surface area contributed by atoms with Crippen LogP contribution < -0.4 is 5.73 Å². The van der Waals surface area contributed by atoms with E-state index in [1.54, 1.807) is 35.2 Å². The van der Waals surface area contributed by atoms with E-state index >= 15 is 0 Å². The van der Waals surface area contributed by atoms with E-state index in [1.165, 1.54) is 6.07 Å². The maximum atomic E-state index is 13.8. The maximum absolute atomic E-state index is 13.8. The number of carbonyl (C=O) groups excluding carboxylic acids is 1. The van der Waals surface area contributed by atoms with Crippen molar-refractivity contribution in [3.8, 4) is 11.3 Å². The van der Waals surface area contributed by atoms with Gasteiger partial charge in [0.15, 0.2) is 5.76 Å². The van der Waals surface area contributed by atoms with Crippen LogP contribution in [-0.4, -0.2) is 29.4 Å². The first-order chi connectivity index (χ1) is 11.1. The van der Waals surface area contributed by atoms with Crippen LogP contribution in [0.3, 0.4) is 0 Å². The third kappa shape index (κ3) is 3.15. The minimum atomic E-state index is -0.368. The topological polar surface area (TPSA) is 59.5 Å². The van der Waals surface area contributed by atoms with Gasteiger partial charge in [-0.25, -0.2) is 4.39 Å². The van der Waals surface area contributed by atoms with Crippen LogP contribution in [0, 0.1) is 5.82 Å². The third-order valence-electron chi connectivity index (χ3n) is 4.37. The van der Waals surface area contributed by atoms with E-state index in [9.17, 15) is 9.18 Å². The number of carbonyl (C=O) groups is 1. The number of nitrogens with two attached hydrogens (primary N) is 1. The lowest BCUT2D eigenvalue weighted by molar-refractivity contribution is 0.0552. The quantitative estimate of drug-likeness (QED) is 0.944. The Hall–Kier alpha value is -2.14. The lowest BCUT2D eigenvalue weighted by Crippen LogP contribution is -2.51. The summed E-state index contributed by atoms with van der Waals surface area (Å²) in [6.45, 7) is 2.60. The summed E-state index contributed by atoms with van der Waals surface area (Å²) in [6.07, 6.45) is 2.95. The highest BCUT2D eigenvalue weighted by Crippen LogP contribution is 2.27. The molecule has 4 nitrogen and oxygen atoms in total. The van der Waals surface area contributed by atoms with E-state index in [2.05, 4.69) is 0 Å². The molecule has 1 aliphatic rings. The summed E-state index contributed by atoms with van der Waals surface area (Å²) in [4.78, 5) is 14.5. The number of nitrogens with zero attached hydrogens (tertiary/aromatic N) is 1. The Labute approximate surface area is 135 Å². The molecule has 2 N–H and O–H groups in total. The Bertz CT molecular complexity index is 696. The fraction of sp³-hybridized carbons (Fsp3) is 0.389. The van der Waals surface area contributed by atoms with Gasteiger partial charge >= 0.3 is 0 Å². The molecule has 2 unspecified atom stereocenters. The van der Waals surface area contributed by atoms with Crippen molar-refractivity contribution in [3.63, 3.8) is 0 Å². The molecule has 0 radical (unpaired) electrons. The Kier molecular flexibility index (Phi) is 4.48. The van der Waals surface area contributed by atoms with E-state index in [4.69, 9.17) is 10.2 Å². The van der Waals surface area contributed by atoms with Gasteiger partial charge in [0, 0.05) is 18.6 Å². The number of halogens is 1. The number of likely N-dealkylation sites (tertiary alicyclic amines) is 1. The molecule has 5 heteroatoms. The summed E-state index contributed by atoms with van der Waals surface area (Å²) in [5.41, 5.74) is 6.37. The van der Waals surface area contributed by atoms with Crippen LogP contribution in [0.5, 0.6) is 0 Å². The number of hydrogen-bond donors (Lipinski definition) is 1. The molecule has 1 aliphatic heterocycles. The van der Waals surface area contributed by atoms with E-state index < -0.39 is 0 Å². The molecule has 1 aromatic carbocycles. The van der Waals surface area contributed by atoms with Crippen molar-refractivity contribution in [1.82, 2.24) is 4.90 Å². The number of amides is 1. The average Bonchev–Trinajstić information content (AvgIpc) is 3.04. The van der Waals surface area contributed by atoms with Crippen molar-refractivity contribution in [2.24, 2.45) is 5.73 Å². The summed E-state index contributed by atoms with van der Waals surface area (Å²) >= 11 is 0. The van der Waals surface area contributed by atoms with Crippen molar-refractivity contribution >= 4 is 5.91 Å². The SMILES string of the molecule is CC(N)C1CCCCN1C(=O)c1ccc(-c2ccccc2F)o1. The molecule has 1 fully saturated rings. The Balaban J connectivity index is 1.85. The Morgan fingerprint density at radius 3 is 2.83 bits per heavy atom. The molecular weight excluding hydrogens is 295 g/mol. The lowest BCUT2D eigenvalue weighted by atomic mass is 9.96. The second kappa shape index (κ2) is 6.54. The molecule has 2 aromatic rings. The molecule has 122 valence electrons. The molecule has 23 heavy (non-hydrogen) atoms. The van der Waals surface area contributed by atoms with Gasteiger partial charge in [-0.1, -0.05) is 12.1 Å². The van der Waals surface area contributed by atoms with E-state index in [-0.39, 0.29) is 29.6 Å². The Morgan fingerprint density at radius 1 is 1.30 bits per heavy atom. The zero-order valence-electron chi connectivity index (χ0n) is 13.2. The smallest absolute Gasteiger partial charge is 0.289 e. The molecule has 1 amide bonds. The summed E-state index contributed by atoms with van der Waals surface area (Å²) in [7, 11) is 0. The van der Waals surface area contributed by atoms with Gasteiger partial charge in [0.25, 0.3) is 5.91 Å². The average molecular weight is 316 g/mol. The van der Waals surface area contributed by atoms with E-state index in [1.807, 2.05) is 6.92 Å². The summed E-state index contributed by atoms with van der Waals surface area (Å²) in [5.74, 6) is 0.0541. The fourth-order valence-electron chi connectivity index (χ4n) is 3.16. The molecule has 3 rings (SSSR count). The van der Waals surface area contributed by atoms with Crippen molar-refractivity contribution in [3.05, 3.63) is 48.0 Å². The van der Waals surface area contributed by atoms with Crippen LogP contribution in [0.25, 0.3) is 11.3 Å². The number of benzene rings is 1. The van der Waals surface area contributed by atoms with Gasteiger partial charge in [0.2, 0.25) is 0 Å². The first kappa shape index (κ1) is 15.7. The first-order valence-corrected chi connectivity index (χ1v) is 7.99. The van der Waals surface area contributed by atoms with Gasteiger partial charge in [-0.3, -0.25) is 4.79 Å². The number of furan rings is 1. The van der Waals surface area contributed by atoms with Crippen molar-refractivity contribution in [2.75, 3.05) is 6.54 Å². The number of rotatable bonds is 3. The lowest BCUT2D eigenvalue weighted by Gasteiger charge is -2.37.